The number of nitrogens with zero attached hydrogens (tertiary/aromatic N) is 1. The molecule has 0 spiro atoms. The van der Waals surface area contributed by atoms with Gasteiger partial charge in [0.1, 0.15) is 5.65 Å². The summed E-state index contributed by atoms with van der Waals surface area (Å²) in [6.07, 6.45) is 0. The van der Waals surface area contributed by atoms with E-state index in [0.717, 1.165) is 16.9 Å². The molecule has 1 N–H and O–H groups in total. The number of hydrogen-bond acceptors (Lipinski definition) is 1. The molecule has 0 bridgehead atoms. The van der Waals surface area contributed by atoms with Crippen molar-refractivity contribution in [2.45, 2.75) is 13.8 Å². The molecule has 1 aromatic carbocycles. The normalized spacial score (nSPS) is 11.3. The summed E-state index contributed by atoms with van der Waals surface area (Å²) in [7, 11) is 0. The number of pyridine rings is 1. The van der Waals surface area contributed by atoms with Crippen molar-refractivity contribution in [3.05, 3.63) is 41.6 Å². The van der Waals surface area contributed by atoms with Crippen molar-refractivity contribution >= 4 is 21.9 Å². The van der Waals surface area contributed by atoms with E-state index < -0.39 is 0 Å². The minimum absolute atomic E-state index is 0.985. The minimum Gasteiger partial charge on any atom is -0.339 e. The third kappa shape index (κ3) is 1.14. The SMILES string of the molecule is Cc1cc2c([nH]c3ccccc32)[15n]c1C. The lowest BCUT2D eigenvalue weighted by Gasteiger charge is -1.98. The van der Waals surface area contributed by atoms with Gasteiger partial charge in [-0.1, -0.05) is 18.2 Å². The van der Waals surface area contributed by atoms with E-state index in [0.29, 0.717) is 0 Å². The zero-order valence-electron chi connectivity index (χ0n) is 8.83. The van der Waals surface area contributed by atoms with Crippen LogP contribution in [0.4, 0.5) is 0 Å². The maximum Gasteiger partial charge on any atom is 0.138 e. The van der Waals surface area contributed by atoms with Gasteiger partial charge in [0.05, 0.1) is 0 Å². The molecule has 2 nitrogen and oxygen atoms in total. The van der Waals surface area contributed by atoms with Crippen molar-refractivity contribution in [3.63, 3.8) is 0 Å². The number of rotatable bonds is 0. The summed E-state index contributed by atoms with van der Waals surface area (Å²) in [5.74, 6) is 0. The average Bonchev–Trinajstić information content (AvgIpc) is 2.57. The smallest absolute Gasteiger partial charge is 0.138 e. The molecule has 2 heterocycles. The molecule has 15 heavy (non-hydrogen) atoms. The fraction of sp³-hybridized carbons (Fsp3) is 0.154. The molecule has 2 aromatic heterocycles. The lowest BCUT2D eigenvalue weighted by atomic mass is 10.1. The van der Waals surface area contributed by atoms with Crippen molar-refractivity contribution in [1.29, 1.82) is 0 Å². The van der Waals surface area contributed by atoms with Crippen LogP contribution in [0.3, 0.4) is 0 Å². The largest absolute Gasteiger partial charge is 0.339 e. The Balaban J connectivity index is 2.56. The second kappa shape index (κ2) is 2.83. The summed E-state index contributed by atoms with van der Waals surface area (Å²) in [5.41, 5.74) is 4.48. The van der Waals surface area contributed by atoms with Crippen LogP contribution in [0, 0.1) is 13.8 Å². The predicted molar refractivity (Wildman–Crippen MR) is 63.1 cm³/mol. The summed E-state index contributed by atoms with van der Waals surface area (Å²) < 4.78 is 0. The number of aryl methyl sites for hydroxylation is 2. The fourth-order valence-corrected chi connectivity index (χ4v) is 1.96. The van der Waals surface area contributed by atoms with E-state index in [-0.39, 0.29) is 0 Å². The van der Waals surface area contributed by atoms with Crippen molar-refractivity contribution in [2.75, 3.05) is 0 Å². The van der Waals surface area contributed by atoms with Crippen molar-refractivity contribution in [3.8, 4) is 0 Å². The van der Waals surface area contributed by atoms with Crippen LogP contribution in [0.1, 0.15) is 11.3 Å². The first-order valence-electron chi connectivity index (χ1n) is 5.10. The highest BCUT2D eigenvalue weighted by Gasteiger charge is 2.05. The zero-order valence-corrected chi connectivity index (χ0v) is 8.83. The molecule has 0 atom stereocenters. The Bertz CT molecular complexity index is 650. The van der Waals surface area contributed by atoms with E-state index >= 15 is 0 Å². The highest BCUT2D eigenvalue weighted by Crippen LogP contribution is 2.25. The zero-order chi connectivity index (χ0) is 10.4. The van der Waals surface area contributed by atoms with Gasteiger partial charge < -0.3 is 4.98 Å². The lowest BCUT2D eigenvalue weighted by molar-refractivity contribution is 1.18. The third-order valence-electron chi connectivity index (χ3n) is 2.94. The predicted octanol–water partition coefficient (Wildman–Crippen LogP) is 3.33. The van der Waals surface area contributed by atoms with Gasteiger partial charge in [0, 0.05) is 22.0 Å². The maximum atomic E-state index is 4.56. The molecule has 2 heteroatoms. The van der Waals surface area contributed by atoms with Crippen molar-refractivity contribution in [1.82, 2.24) is 9.97 Å². The van der Waals surface area contributed by atoms with Gasteiger partial charge in [0.25, 0.3) is 0 Å². The molecule has 0 saturated carbocycles. The van der Waals surface area contributed by atoms with Gasteiger partial charge in [-0.05, 0) is 31.5 Å². The molecule has 0 aliphatic carbocycles. The second-order valence-electron chi connectivity index (χ2n) is 3.96. The van der Waals surface area contributed by atoms with Crippen molar-refractivity contribution < 1.29 is 0 Å². The van der Waals surface area contributed by atoms with Crippen LogP contribution in [0.2, 0.25) is 0 Å². The number of fused-ring (bicyclic) bond motifs is 3. The third-order valence-corrected chi connectivity index (χ3v) is 2.94. The molecule has 0 aliphatic heterocycles. The molecule has 3 rings (SSSR count). The lowest BCUT2D eigenvalue weighted by Crippen LogP contribution is -1.86. The van der Waals surface area contributed by atoms with Crippen LogP contribution in [0.5, 0.6) is 0 Å². The van der Waals surface area contributed by atoms with Gasteiger partial charge in [0.15, 0.2) is 0 Å². The van der Waals surface area contributed by atoms with Gasteiger partial charge >= 0.3 is 0 Å². The first-order valence-corrected chi connectivity index (χ1v) is 5.10. The molecule has 0 radical (unpaired) electrons. The van der Waals surface area contributed by atoms with Gasteiger partial charge in [-0.2, -0.15) is 0 Å². The highest BCUT2D eigenvalue weighted by atomic mass is 15.5. The first-order chi connectivity index (χ1) is 7.25. The number of para-hydroxylation sites is 1. The van der Waals surface area contributed by atoms with Gasteiger partial charge in [-0.15, -0.1) is 0 Å². The molecule has 0 aliphatic rings. The van der Waals surface area contributed by atoms with Gasteiger partial charge in [0.2, 0.25) is 0 Å². The number of hydrogen-bond donors (Lipinski definition) is 1. The Labute approximate surface area is 88.0 Å². The molecule has 3 aromatic rings. The molecule has 0 fully saturated rings. The van der Waals surface area contributed by atoms with Crippen LogP contribution in [-0.4, -0.2) is 9.97 Å². The Hall–Kier alpha value is -1.83. The van der Waals surface area contributed by atoms with E-state index in [9.17, 15) is 0 Å². The molecule has 74 valence electrons. The van der Waals surface area contributed by atoms with E-state index in [1.54, 1.807) is 0 Å². The van der Waals surface area contributed by atoms with Crippen LogP contribution in [0.15, 0.2) is 30.3 Å². The summed E-state index contributed by atoms with van der Waals surface area (Å²) in [4.78, 5) is 7.89. The van der Waals surface area contributed by atoms with Crippen LogP contribution in [-0.2, 0) is 0 Å². The monoisotopic (exact) mass is 197 g/mol. The number of aromatic amines is 1. The molecule has 0 amide bonds. The summed E-state index contributed by atoms with van der Waals surface area (Å²) >= 11 is 0. The van der Waals surface area contributed by atoms with Crippen molar-refractivity contribution in [2.24, 2.45) is 0 Å². The number of H-pyrrole nitrogens is 1. The van der Waals surface area contributed by atoms with E-state index in [1.165, 1.54) is 16.3 Å². The molecule has 0 saturated heterocycles. The first kappa shape index (κ1) is 8.48. The Kier molecular flexibility index (Phi) is 1.60. The molecule has 0 unspecified atom stereocenters. The molecular formula is C13H12N2. The van der Waals surface area contributed by atoms with E-state index in [1.807, 2.05) is 13.0 Å². The summed E-state index contributed by atoms with van der Waals surface area (Å²) in [5, 5.41) is 2.47. The maximum absolute atomic E-state index is 4.56. The Morgan fingerprint density at radius 2 is 1.87 bits per heavy atom. The quantitative estimate of drug-likeness (QED) is 0.588. The Morgan fingerprint density at radius 1 is 1.07 bits per heavy atom. The topological polar surface area (TPSA) is 28.7 Å². The van der Waals surface area contributed by atoms with Gasteiger partial charge in [-0.3, -0.25) is 0 Å². The average molecular weight is 197 g/mol. The second-order valence-corrected chi connectivity index (χ2v) is 3.96. The fourth-order valence-electron chi connectivity index (χ4n) is 1.96. The molecular weight excluding hydrogens is 185 g/mol. The van der Waals surface area contributed by atoms with Crippen LogP contribution < -0.4 is 0 Å². The minimum atomic E-state index is 0.985. The Morgan fingerprint density at radius 3 is 2.73 bits per heavy atom. The van der Waals surface area contributed by atoms with Crippen LogP contribution >= 0.6 is 0 Å². The van der Waals surface area contributed by atoms with E-state index in [4.69, 9.17) is 0 Å². The number of benzene rings is 1. The van der Waals surface area contributed by atoms with Crippen LogP contribution in [0.25, 0.3) is 21.9 Å². The highest BCUT2D eigenvalue weighted by molar-refractivity contribution is 6.05. The summed E-state index contributed by atoms with van der Waals surface area (Å²) in [6.45, 7) is 4.14. The number of nitrogens with one attached hydrogen (secondary N) is 1. The number of aromatic nitrogens is 2. The van der Waals surface area contributed by atoms with E-state index in [2.05, 4.69) is 41.2 Å². The van der Waals surface area contributed by atoms with Gasteiger partial charge in [-0.25, -0.2) is 4.98 Å². The summed E-state index contributed by atoms with van der Waals surface area (Å²) in [6, 6.07) is 10.5. The standard InChI is InChI=1S/C13H12N2/c1-8-7-11-10-5-3-4-6-12(10)15-13(11)14-9(8)2/h3-7H,1-2H3,(H,14,15)/i14+1.